The molecule has 34 heavy (non-hydrogen) atoms. The van der Waals surface area contributed by atoms with Crippen LogP contribution in [0.1, 0.15) is 26.5 Å². The molecule has 0 aliphatic rings. The summed E-state index contributed by atoms with van der Waals surface area (Å²) in [5.74, 6) is 5.81. The molecule has 10 heteroatoms. The molecule has 0 unspecified atom stereocenters. The molecule has 4 rings (SSSR count). The summed E-state index contributed by atoms with van der Waals surface area (Å²) < 4.78 is 48.1. The Morgan fingerprint density at radius 3 is 2.47 bits per heavy atom. The quantitative estimate of drug-likeness (QED) is 0.432. The van der Waals surface area contributed by atoms with Crippen LogP contribution in [0.3, 0.4) is 0 Å². The number of nitrogens with one attached hydrogen (secondary N) is 1. The molecular formula is C24H22FN5O3S. The molecule has 0 aliphatic carbocycles. The number of fused-ring (bicyclic) bond motifs is 1. The van der Waals surface area contributed by atoms with Crippen LogP contribution in [0.4, 0.5) is 10.1 Å². The van der Waals surface area contributed by atoms with Crippen molar-refractivity contribution >= 4 is 21.4 Å². The van der Waals surface area contributed by atoms with Crippen molar-refractivity contribution in [2.24, 2.45) is 5.41 Å². The monoisotopic (exact) mass is 479 g/mol. The molecule has 0 radical (unpaired) electrons. The van der Waals surface area contributed by atoms with Crippen LogP contribution in [0.5, 0.6) is 5.88 Å². The molecule has 0 fully saturated rings. The van der Waals surface area contributed by atoms with E-state index >= 15 is 0 Å². The zero-order chi connectivity index (χ0) is 24.5. The molecule has 174 valence electrons. The van der Waals surface area contributed by atoms with Crippen LogP contribution in [0.25, 0.3) is 16.9 Å². The van der Waals surface area contributed by atoms with E-state index in [1.54, 1.807) is 28.9 Å². The van der Waals surface area contributed by atoms with E-state index in [0.717, 1.165) is 12.1 Å². The highest BCUT2D eigenvalue weighted by Gasteiger charge is 2.19. The second-order valence-corrected chi connectivity index (χ2v) is 10.2. The summed E-state index contributed by atoms with van der Waals surface area (Å²) in [4.78, 5) is 8.46. The summed E-state index contributed by atoms with van der Waals surface area (Å²) in [5.41, 5.74) is 2.26. The number of pyridine rings is 1. The maximum Gasteiger partial charge on any atom is 0.262 e. The first-order valence-electron chi connectivity index (χ1n) is 10.3. The van der Waals surface area contributed by atoms with Crippen LogP contribution in [-0.4, -0.2) is 35.1 Å². The number of benzene rings is 1. The highest BCUT2D eigenvalue weighted by atomic mass is 32.2. The lowest BCUT2D eigenvalue weighted by Gasteiger charge is -2.12. The van der Waals surface area contributed by atoms with Gasteiger partial charge in [-0.2, -0.15) is 5.10 Å². The lowest BCUT2D eigenvalue weighted by atomic mass is 9.98. The Hall–Kier alpha value is -3.97. The Morgan fingerprint density at radius 1 is 1.06 bits per heavy atom. The maximum atomic E-state index is 13.2. The Kier molecular flexibility index (Phi) is 5.98. The third-order valence-corrected chi connectivity index (χ3v) is 6.02. The number of hydrogen-bond acceptors (Lipinski definition) is 6. The van der Waals surface area contributed by atoms with Gasteiger partial charge in [0.2, 0.25) is 5.88 Å². The van der Waals surface area contributed by atoms with Gasteiger partial charge < -0.3 is 4.74 Å². The van der Waals surface area contributed by atoms with Gasteiger partial charge in [-0.1, -0.05) is 5.92 Å². The number of aromatic nitrogens is 4. The molecule has 8 nitrogen and oxygen atoms in total. The molecule has 0 spiro atoms. The number of sulfonamides is 1. The fourth-order valence-electron chi connectivity index (χ4n) is 3.01. The van der Waals surface area contributed by atoms with Gasteiger partial charge in [-0.3, -0.25) is 4.72 Å². The van der Waals surface area contributed by atoms with Gasteiger partial charge in [0.25, 0.3) is 10.0 Å². The smallest absolute Gasteiger partial charge is 0.262 e. The molecule has 0 saturated heterocycles. The number of rotatable bonds is 5. The SMILES string of the molecule is COc1ncc(-c2ccc3ncc(C#CC(C)(C)C)n3n2)cc1NS(=O)(=O)c1ccc(F)cc1. The highest BCUT2D eigenvalue weighted by molar-refractivity contribution is 7.92. The van der Waals surface area contributed by atoms with Gasteiger partial charge in [0.1, 0.15) is 17.2 Å². The van der Waals surface area contributed by atoms with Crippen LogP contribution in [0.2, 0.25) is 0 Å². The molecule has 3 aromatic heterocycles. The van der Waals surface area contributed by atoms with E-state index in [4.69, 9.17) is 4.74 Å². The second kappa shape index (κ2) is 8.76. The third kappa shape index (κ3) is 5.00. The van der Waals surface area contributed by atoms with E-state index in [-0.39, 0.29) is 21.9 Å². The first-order chi connectivity index (χ1) is 16.1. The van der Waals surface area contributed by atoms with Crippen molar-refractivity contribution < 1.29 is 17.5 Å². The summed E-state index contributed by atoms with van der Waals surface area (Å²) >= 11 is 0. The van der Waals surface area contributed by atoms with Crippen molar-refractivity contribution in [2.75, 3.05) is 11.8 Å². The molecule has 3 heterocycles. The Balaban J connectivity index is 1.74. The average molecular weight is 480 g/mol. The van der Waals surface area contributed by atoms with E-state index in [9.17, 15) is 12.8 Å². The summed E-state index contributed by atoms with van der Waals surface area (Å²) in [5, 5.41) is 4.62. The van der Waals surface area contributed by atoms with Gasteiger partial charge >= 0.3 is 0 Å². The zero-order valence-electron chi connectivity index (χ0n) is 19.0. The normalized spacial score (nSPS) is 11.7. The van der Waals surface area contributed by atoms with E-state index in [1.165, 1.54) is 25.4 Å². The third-order valence-electron chi connectivity index (χ3n) is 4.64. The molecule has 0 bridgehead atoms. The zero-order valence-corrected chi connectivity index (χ0v) is 19.8. The van der Waals surface area contributed by atoms with Crippen LogP contribution in [0.15, 0.2) is 59.8 Å². The number of ether oxygens (including phenoxy) is 1. The van der Waals surface area contributed by atoms with E-state index in [0.29, 0.717) is 22.6 Å². The largest absolute Gasteiger partial charge is 0.480 e. The van der Waals surface area contributed by atoms with Gasteiger partial charge in [0.15, 0.2) is 5.65 Å². The predicted octanol–water partition coefficient (Wildman–Crippen LogP) is 4.14. The van der Waals surface area contributed by atoms with Crippen molar-refractivity contribution in [2.45, 2.75) is 25.7 Å². The van der Waals surface area contributed by atoms with Gasteiger partial charge in [0.05, 0.1) is 23.9 Å². The molecule has 0 aliphatic heterocycles. The number of hydrogen-bond donors (Lipinski definition) is 1. The highest BCUT2D eigenvalue weighted by Crippen LogP contribution is 2.29. The predicted molar refractivity (Wildman–Crippen MR) is 126 cm³/mol. The van der Waals surface area contributed by atoms with Crippen molar-refractivity contribution in [1.82, 2.24) is 19.6 Å². The van der Waals surface area contributed by atoms with Crippen LogP contribution in [-0.2, 0) is 10.0 Å². The molecule has 4 aromatic rings. The van der Waals surface area contributed by atoms with E-state index in [1.807, 2.05) is 20.8 Å². The average Bonchev–Trinajstić information content (AvgIpc) is 3.19. The minimum absolute atomic E-state index is 0.0786. The minimum Gasteiger partial charge on any atom is -0.480 e. The Labute approximate surface area is 196 Å². The number of imidazole rings is 1. The molecule has 0 atom stereocenters. The fraction of sp³-hybridized carbons (Fsp3) is 0.208. The van der Waals surface area contributed by atoms with Crippen molar-refractivity contribution in [1.29, 1.82) is 0 Å². The minimum atomic E-state index is -4.01. The molecule has 0 saturated carbocycles. The standard InChI is InChI=1S/C24H22FN5O3S/c1-24(2,3)12-11-18-15-26-22-10-9-20(28-30(18)22)16-13-21(23(33-4)27-14-16)29-34(31,32)19-7-5-17(25)6-8-19/h5-10,13-15,29H,1-4H3. The first kappa shape index (κ1) is 23.2. The van der Waals surface area contributed by atoms with Crippen LogP contribution in [0, 0.1) is 23.1 Å². The molecule has 1 aromatic carbocycles. The Morgan fingerprint density at radius 2 is 1.79 bits per heavy atom. The van der Waals surface area contributed by atoms with Crippen LogP contribution >= 0.6 is 0 Å². The lowest BCUT2D eigenvalue weighted by molar-refractivity contribution is 0.400. The summed E-state index contributed by atoms with van der Waals surface area (Å²) in [7, 11) is -2.62. The van der Waals surface area contributed by atoms with Crippen molar-refractivity contribution in [3.8, 4) is 29.0 Å². The van der Waals surface area contributed by atoms with Gasteiger partial charge in [-0.05, 0) is 69.2 Å². The fourth-order valence-corrected chi connectivity index (χ4v) is 4.06. The first-order valence-corrected chi connectivity index (χ1v) is 11.7. The van der Waals surface area contributed by atoms with Gasteiger partial charge in [-0.15, -0.1) is 0 Å². The lowest BCUT2D eigenvalue weighted by Crippen LogP contribution is -2.14. The number of nitrogens with zero attached hydrogens (tertiary/aromatic N) is 4. The van der Waals surface area contributed by atoms with Gasteiger partial charge in [-0.25, -0.2) is 27.3 Å². The summed E-state index contributed by atoms with van der Waals surface area (Å²) in [6.07, 6.45) is 3.18. The van der Waals surface area contributed by atoms with Crippen molar-refractivity contribution in [3.63, 3.8) is 0 Å². The van der Waals surface area contributed by atoms with E-state index < -0.39 is 15.8 Å². The number of halogens is 1. The maximum absolute atomic E-state index is 13.2. The number of methoxy groups -OCH3 is 1. The van der Waals surface area contributed by atoms with Crippen molar-refractivity contribution in [3.05, 3.63) is 66.4 Å². The number of anilines is 1. The molecule has 1 N–H and O–H groups in total. The van der Waals surface area contributed by atoms with E-state index in [2.05, 4.69) is 31.6 Å². The Bertz CT molecular complexity index is 1530. The van der Waals surface area contributed by atoms with Gasteiger partial charge in [0, 0.05) is 17.2 Å². The van der Waals surface area contributed by atoms with Crippen LogP contribution < -0.4 is 9.46 Å². The summed E-state index contributed by atoms with van der Waals surface area (Å²) in [6.45, 7) is 6.04. The summed E-state index contributed by atoms with van der Waals surface area (Å²) in [6, 6.07) is 9.61. The topological polar surface area (TPSA) is 98.5 Å². The molecular weight excluding hydrogens is 457 g/mol. The molecule has 0 amide bonds. The second-order valence-electron chi connectivity index (χ2n) is 8.47.